The van der Waals surface area contributed by atoms with Crippen molar-refractivity contribution >= 4 is 6.09 Å². The second-order valence-corrected chi connectivity index (χ2v) is 9.98. The molecule has 34 heavy (non-hydrogen) atoms. The van der Waals surface area contributed by atoms with Crippen molar-refractivity contribution in [1.29, 1.82) is 0 Å². The Kier molecular flexibility index (Phi) is 6.96. The molecular formula is C30H34N2O2. The van der Waals surface area contributed by atoms with E-state index in [1.54, 1.807) is 0 Å². The van der Waals surface area contributed by atoms with Gasteiger partial charge >= 0.3 is 6.09 Å². The number of carbonyl (C=O) groups is 1. The minimum absolute atomic E-state index is 0.345. The molecule has 1 amide bonds. The maximum Gasteiger partial charge on any atom is 0.412 e. The number of fused-ring (bicyclic) bond motifs is 2. The maximum absolute atomic E-state index is 12.7. The fourth-order valence-corrected chi connectivity index (χ4v) is 5.75. The van der Waals surface area contributed by atoms with Gasteiger partial charge in [-0.1, -0.05) is 78.4 Å². The van der Waals surface area contributed by atoms with Crippen molar-refractivity contribution in [2.24, 2.45) is 17.8 Å². The number of ether oxygens (including phenoxy) is 1. The molecule has 2 bridgehead atoms. The normalized spacial score (nSPS) is 21.9. The van der Waals surface area contributed by atoms with Crippen LogP contribution in [0.1, 0.15) is 35.1 Å². The summed E-state index contributed by atoms with van der Waals surface area (Å²) in [5, 5.41) is 3.09. The van der Waals surface area contributed by atoms with Crippen LogP contribution in [-0.2, 0) is 13.0 Å². The molecular weight excluding hydrogens is 420 g/mol. The van der Waals surface area contributed by atoms with Crippen molar-refractivity contribution < 1.29 is 9.53 Å². The zero-order chi connectivity index (χ0) is 23.3. The van der Waals surface area contributed by atoms with Gasteiger partial charge in [-0.25, -0.2) is 4.79 Å². The van der Waals surface area contributed by atoms with Gasteiger partial charge in [-0.3, -0.25) is 4.90 Å². The Balaban J connectivity index is 1.14. The summed E-state index contributed by atoms with van der Waals surface area (Å²) in [4.78, 5) is 15.3. The molecule has 1 heterocycles. The van der Waals surface area contributed by atoms with Gasteiger partial charge in [0.2, 0.25) is 0 Å². The Hall–Kier alpha value is -3.11. The number of para-hydroxylation sites is 1. The average Bonchev–Trinajstić information content (AvgIpc) is 3.09. The standard InChI is InChI=1S/C30H34N2O2/c1-22-11-13-23(14-12-22)17-25-9-5-6-10-29(25)34-30(33)31-18-28-26-15-16-27(28)21-32(20-26)19-24-7-3-2-4-8-24/h2-14,26-28H,15-21H2,1H3,(H,31,33). The van der Waals surface area contributed by atoms with Crippen LogP contribution in [0.5, 0.6) is 5.75 Å². The second-order valence-electron chi connectivity index (χ2n) is 9.98. The van der Waals surface area contributed by atoms with Crippen LogP contribution in [0.15, 0.2) is 78.9 Å². The first kappa shape index (κ1) is 22.7. The minimum atomic E-state index is -0.345. The fourth-order valence-electron chi connectivity index (χ4n) is 5.75. The lowest BCUT2D eigenvalue weighted by Gasteiger charge is -2.38. The quantitative estimate of drug-likeness (QED) is 0.488. The van der Waals surface area contributed by atoms with Crippen LogP contribution in [0.25, 0.3) is 0 Å². The van der Waals surface area contributed by atoms with Gasteiger partial charge in [0, 0.05) is 32.6 Å². The number of hydrogen-bond donors (Lipinski definition) is 1. The van der Waals surface area contributed by atoms with Gasteiger partial charge in [0.25, 0.3) is 0 Å². The van der Waals surface area contributed by atoms with E-state index in [0.717, 1.165) is 31.6 Å². The Morgan fingerprint density at radius 2 is 1.56 bits per heavy atom. The van der Waals surface area contributed by atoms with Crippen LogP contribution < -0.4 is 10.1 Å². The molecule has 4 heteroatoms. The molecule has 2 aliphatic rings. The molecule has 0 aromatic heterocycles. The number of nitrogens with one attached hydrogen (secondary N) is 1. The van der Waals surface area contributed by atoms with E-state index in [2.05, 4.69) is 71.7 Å². The summed E-state index contributed by atoms with van der Waals surface area (Å²) >= 11 is 0. The lowest BCUT2D eigenvalue weighted by atomic mass is 9.85. The first-order valence-electron chi connectivity index (χ1n) is 12.5. The third-order valence-corrected chi connectivity index (χ3v) is 7.53. The third-order valence-electron chi connectivity index (χ3n) is 7.53. The Morgan fingerprint density at radius 3 is 2.29 bits per heavy atom. The topological polar surface area (TPSA) is 41.6 Å². The number of nitrogens with zero attached hydrogens (tertiary/aromatic N) is 1. The van der Waals surface area contributed by atoms with Crippen molar-refractivity contribution in [3.8, 4) is 5.75 Å². The van der Waals surface area contributed by atoms with Crippen molar-refractivity contribution in [2.75, 3.05) is 19.6 Å². The van der Waals surface area contributed by atoms with E-state index < -0.39 is 0 Å². The van der Waals surface area contributed by atoms with Crippen LogP contribution in [-0.4, -0.2) is 30.6 Å². The molecule has 1 aliphatic heterocycles. The van der Waals surface area contributed by atoms with E-state index in [9.17, 15) is 4.79 Å². The van der Waals surface area contributed by atoms with Gasteiger partial charge in [-0.05, 0) is 60.3 Å². The molecule has 1 N–H and O–H groups in total. The molecule has 5 rings (SSSR count). The molecule has 4 nitrogen and oxygen atoms in total. The van der Waals surface area contributed by atoms with E-state index >= 15 is 0 Å². The van der Waals surface area contributed by atoms with Gasteiger partial charge in [-0.2, -0.15) is 0 Å². The Bertz CT molecular complexity index is 1080. The van der Waals surface area contributed by atoms with Gasteiger partial charge in [0.05, 0.1) is 0 Å². The molecule has 0 spiro atoms. The van der Waals surface area contributed by atoms with Crippen molar-refractivity contribution in [2.45, 2.75) is 32.7 Å². The van der Waals surface area contributed by atoms with Gasteiger partial charge in [0.15, 0.2) is 0 Å². The van der Waals surface area contributed by atoms with Crippen molar-refractivity contribution in [3.05, 3.63) is 101 Å². The summed E-state index contributed by atoms with van der Waals surface area (Å²) < 4.78 is 5.76. The lowest BCUT2D eigenvalue weighted by Crippen LogP contribution is -2.46. The predicted molar refractivity (Wildman–Crippen MR) is 136 cm³/mol. The molecule has 0 radical (unpaired) electrons. The van der Waals surface area contributed by atoms with Crippen molar-refractivity contribution in [1.82, 2.24) is 10.2 Å². The highest BCUT2D eigenvalue weighted by Crippen LogP contribution is 2.42. The molecule has 1 saturated carbocycles. The highest BCUT2D eigenvalue weighted by atomic mass is 16.6. The number of carbonyl (C=O) groups excluding carboxylic acids is 1. The zero-order valence-electron chi connectivity index (χ0n) is 20.0. The molecule has 2 unspecified atom stereocenters. The van der Waals surface area contributed by atoms with E-state index in [1.165, 1.54) is 29.5 Å². The Labute approximate surface area is 202 Å². The predicted octanol–water partition coefficient (Wildman–Crippen LogP) is 5.83. The summed E-state index contributed by atoms with van der Waals surface area (Å²) in [6.45, 7) is 6.05. The van der Waals surface area contributed by atoms with Gasteiger partial charge < -0.3 is 10.1 Å². The molecule has 3 aromatic rings. The van der Waals surface area contributed by atoms with Crippen LogP contribution in [0, 0.1) is 24.7 Å². The molecule has 3 aromatic carbocycles. The number of hydrogen-bond acceptors (Lipinski definition) is 3. The summed E-state index contributed by atoms with van der Waals surface area (Å²) in [6, 6.07) is 27.1. The van der Waals surface area contributed by atoms with Crippen LogP contribution in [0.2, 0.25) is 0 Å². The number of piperidine rings is 1. The number of likely N-dealkylation sites (tertiary alicyclic amines) is 1. The first-order chi connectivity index (χ1) is 16.6. The average molecular weight is 455 g/mol. The molecule has 176 valence electrons. The molecule has 1 aliphatic carbocycles. The molecule has 2 atom stereocenters. The maximum atomic E-state index is 12.7. The van der Waals surface area contributed by atoms with Crippen LogP contribution in [0.3, 0.4) is 0 Å². The van der Waals surface area contributed by atoms with Crippen molar-refractivity contribution in [3.63, 3.8) is 0 Å². The summed E-state index contributed by atoms with van der Waals surface area (Å²) in [7, 11) is 0. The Morgan fingerprint density at radius 1 is 0.882 bits per heavy atom. The second kappa shape index (κ2) is 10.4. The first-order valence-corrected chi connectivity index (χ1v) is 12.5. The lowest BCUT2D eigenvalue weighted by molar-refractivity contribution is 0.102. The minimum Gasteiger partial charge on any atom is -0.410 e. The number of aryl methyl sites for hydroxylation is 1. The monoisotopic (exact) mass is 454 g/mol. The highest BCUT2D eigenvalue weighted by Gasteiger charge is 2.41. The van der Waals surface area contributed by atoms with Crippen LogP contribution in [0.4, 0.5) is 4.79 Å². The largest absolute Gasteiger partial charge is 0.412 e. The fraction of sp³-hybridized carbons (Fsp3) is 0.367. The number of benzene rings is 3. The highest BCUT2D eigenvalue weighted by molar-refractivity contribution is 5.70. The molecule has 2 fully saturated rings. The number of amides is 1. The van der Waals surface area contributed by atoms with E-state index in [1.807, 2.05) is 24.3 Å². The molecule has 1 saturated heterocycles. The van der Waals surface area contributed by atoms with Crippen LogP contribution >= 0.6 is 0 Å². The summed E-state index contributed by atoms with van der Waals surface area (Å²) in [5.41, 5.74) is 4.86. The van der Waals surface area contributed by atoms with Gasteiger partial charge in [0.1, 0.15) is 5.75 Å². The van der Waals surface area contributed by atoms with E-state index in [0.29, 0.717) is 30.0 Å². The van der Waals surface area contributed by atoms with E-state index in [4.69, 9.17) is 4.74 Å². The van der Waals surface area contributed by atoms with E-state index in [-0.39, 0.29) is 6.09 Å². The SMILES string of the molecule is Cc1ccc(Cc2ccccc2OC(=O)NCC2C3CCC2CN(Cc2ccccc2)C3)cc1. The summed E-state index contributed by atoms with van der Waals surface area (Å²) in [5.74, 6) is 2.48. The summed E-state index contributed by atoms with van der Waals surface area (Å²) in [6.07, 6.45) is 2.92. The number of rotatable bonds is 7. The van der Waals surface area contributed by atoms with Gasteiger partial charge in [-0.15, -0.1) is 0 Å². The zero-order valence-corrected chi connectivity index (χ0v) is 20.0. The smallest absolute Gasteiger partial charge is 0.410 e. The third kappa shape index (κ3) is 5.51.